The molecule has 96 valence electrons. The van der Waals surface area contributed by atoms with Crippen molar-refractivity contribution in [3.05, 3.63) is 49.4 Å². The molecule has 0 aliphatic carbocycles. The summed E-state index contributed by atoms with van der Waals surface area (Å²) < 4.78 is 0. The second-order valence-electron chi connectivity index (χ2n) is 4.14. The van der Waals surface area contributed by atoms with Gasteiger partial charge in [0, 0.05) is 16.5 Å². The first-order valence-electron chi connectivity index (χ1n) is 5.53. The Morgan fingerprint density at radius 2 is 2.06 bits per heavy atom. The zero-order chi connectivity index (χ0) is 13.3. The van der Waals surface area contributed by atoms with Crippen LogP contribution in [0.2, 0.25) is 10.0 Å². The van der Waals surface area contributed by atoms with Gasteiger partial charge in [0.1, 0.15) is 0 Å². The fourth-order valence-corrected chi connectivity index (χ4v) is 3.16. The summed E-state index contributed by atoms with van der Waals surface area (Å²) in [6.45, 7) is 3.84. The Morgan fingerprint density at radius 3 is 2.67 bits per heavy atom. The molecule has 0 bridgehead atoms. The zero-order valence-electron chi connectivity index (χ0n) is 10.1. The fraction of sp³-hybridized carbons (Fsp3) is 0.308. The average Bonchev–Trinajstić information content (AvgIpc) is 2.63. The van der Waals surface area contributed by atoms with Gasteiger partial charge in [0.2, 0.25) is 0 Å². The predicted octanol–water partition coefficient (Wildman–Crippen LogP) is 4.34. The van der Waals surface area contributed by atoms with Crippen LogP contribution >= 0.6 is 34.5 Å². The van der Waals surface area contributed by atoms with E-state index in [1.807, 2.05) is 13.8 Å². The summed E-state index contributed by atoms with van der Waals surface area (Å²) in [5.74, 6) is 0. The lowest BCUT2D eigenvalue weighted by Gasteiger charge is -2.11. The Balaban J connectivity index is 2.23. The normalized spacial score (nSPS) is 12.7. The van der Waals surface area contributed by atoms with Crippen LogP contribution in [0.15, 0.2) is 18.2 Å². The molecule has 1 aromatic carbocycles. The van der Waals surface area contributed by atoms with Crippen molar-refractivity contribution in [1.29, 1.82) is 0 Å². The van der Waals surface area contributed by atoms with Crippen molar-refractivity contribution in [2.45, 2.75) is 26.4 Å². The molecule has 5 heteroatoms. The maximum absolute atomic E-state index is 10.3. The minimum Gasteiger partial charge on any atom is -0.387 e. The lowest BCUT2D eigenvalue weighted by atomic mass is 10.1. The second-order valence-corrected chi connectivity index (χ2v) is 6.22. The highest BCUT2D eigenvalue weighted by molar-refractivity contribution is 7.11. The van der Waals surface area contributed by atoms with Crippen molar-refractivity contribution >= 4 is 34.5 Å². The van der Waals surface area contributed by atoms with E-state index in [2.05, 4.69) is 4.98 Å². The molecule has 2 aromatic rings. The lowest BCUT2D eigenvalue weighted by molar-refractivity contribution is 0.181. The number of thiazole rings is 1. The van der Waals surface area contributed by atoms with Crippen LogP contribution < -0.4 is 0 Å². The van der Waals surface area contributed by atoms with Gasteiger partial charge in [-0.25, -0.2) is 4.98 Å². The smallest absolute Gasteiger partial charge is 0.0941 e. The number of halogens is 2. The first-order valence-corrected chi connectivity index (χ1v) is 7.10. The number of rotatable bonds is 3. The number of aliphatic hydroxyl groups is 1. The maximum Gasteiger partial charge on any atom is 0.0941 e. The highest BCUT2D eigenvalue weighted by Crippen LogP contribution is 2.30. The highest BCUT2D eigenvalue weighted by atomic mass is 35.5. The highest BCUT2D eigenvalue weighted by Gasteiger charge is 2.16. The van der Waals surface area contributed by atoms with Gasteiger partial charge in [-0.3, -0.25) is 0 Å². The number of aromatic nitrogens is 1. The summed E-state index contributed by atoms with van der Waals surface area (Å²) >= 11 is 13.5. The quantitative estimate of drug-likeness (QED) is 0.914. The number of aliphatic hydroxyl groups excluding tert-OH is 1. The van der Waals surface area contributed by atoms with Gasteiger partial charge in [0.05, 0.1) is 21.7 Å². The van der Waals surface area contributed by atoms with E-state index in [1.165, 1.54) is 11.3 Å². The largest absolute Gasteiger partial charge is 0.387 e. The molecule has 0 fully saturated rings. The number of nitrogens with zero attached hydrogens (tertiary/aromatic N) is 1. The molecule has 1 heterocycles. The molecule has 0 radical (unpaired) electrons. The summed E-state index contributed by atoms with van der Waals surface area (Å²) in [5, 5.41) is 12.5. The Hall–Kier alpha value is -0.610. The molecule has 1 aromatic heterocycles. The van der Waals surface area contributed by atoms with E-state index in [-0.39, 0.29) is 0 Å². The standard InChI is InChI=1S/C13H13Cl2NOS/c1-7-13(18-8(2)16-7)12(17)6-9-5-10(14)3-4-11(9)15/h3-5,12,17H,6H2,1-2H3. The molecule has 0 aliphatic heterocycles. The average molecular weight is 302 g/mol. The summed E-state index contributed by atoms with van der Waals surface area (Å²) in [7, 11) is 0. The molecule has 2 nitrogen and oxygen atoms in total. The zero-order valence-corrected chi connectivity index (χ0v) is 12.4. The molecule has 0 spiro atoms. The monoisotopic (exact) mass is 301 g/mol. The van der Waals surface area contributed by atoms with Crippen molar-refractivity contribution in [1.82, 2.24) is 4.98 Å². The summed E-state index contributed by atoms with van der Waals surface area (Å²) in [5.41, 5.74) is 1.73. The number of hydrogen-bond acceptors (Lipinski definition) is 3. The summed E-state index contributed by atoms with van der Waals surface area (Å²) in [4.78, 5) is 5.21. The molecule has 1 atom stereocenters. The van der Waals surface area contributed by atoms with Gasteiger partial charge in [-0.2, -0.15) is 0 Å². The van der Waals surface area contributed by atoms with E-state index in [0.717, 1.165) is 21.1 Å². The van der Waals surface area contributed by atoms with Crippen molar-refractivity contribution in [3.8, 4) is 0 Å². The second kappa shape index (κ2) is 5.57. The minimum atomic E-state index is -0.591. The van der Waals surface area contributed by atoms with Crippen LogP contribution in [0.3, 0.4) is 0 Å². The van der Waals surface area contributed by atoms with E-state index < -0.39 is 6.10 Å². The van der Waals surface area contributed by atoms with Crippen LogP contribution in [0.5, 0.6) is 0 Å². The molecule has 0 saturated heterocycles. The Morgan fingerprint density at radius 1 is 1.33 bits per heavy atom. The molecular formula is C13H13Cl2NOS. The van der Waals surface area contributed by atoms with E-state index in [4.69, 9.17) is 23.2 Å². The topological polar surface area (TPSA) is 33.1 Å². The molecule has 0 saturated carbocycles. The molecule has 2 rings (SSSR count). The van der Waals surface area contributed by atoms with Crippen molar-refractivity contribution < 1.29 is 5.11 Å². The van der Waals surface area contributed by atoms with Crippen molar-refractivity contribution in [2.24, 2.45) is 0 Å². The number of benzene rings is 1. The van der Waals surface area contributed by atoms with Gasteiger partial charge in [-0.05, 0) is 37.6 Å². The first kappa shape index (κ1) is 13.8. The molecule has 0 aliphatic rings. The predicted molar refractivity (Wildman–Crippen MR) is 76.7 cm³/mol. The number of aryl methyl sites for hydroxylation is 2. The van der Waals surface area contributed by atoms with E-state index in [1.54, 1.807) is 18.2 Å². The molecule has 18 heavy (non-hydrogen) atoms. The molecule has 1 unspecified atom stereocenters. The van der Waals surface area contributed by atoms with Gasteiger partial charge in [0.15, 0.2) is 0 Å². The lowest BCUT2D eigenvalue weighted by Crippen LogP contribution is -2.02. The number of hydrogen-bond donors (Lipinski definition) is 1. The maximum atomic E-state index is 10.3. The van der Waals surface area contributed by atoms with Crippen molar-refractivity contribution in [2.75, 3.05) is 0 Å². The molecule has 0 amide bonds. The van der Waals surface area contributed by atoms with Crippen LogP contribution in [-0.4, -0.2) is 10.1 Å². The van der Waals surface area contributed by atoms with E-state index >= 15 is 0 Å². The van der Waals surface area contributed by atoms with Crippen molar-refractivity contribution in [3.63, 3.8) is 0 Å². The van der Waals surface area contributed by atoms with E-state index in [9.17, 15) is 5.11 Å². The van der Waals surface area contributed by atoms with Crippen LogP contribution in [0.4, 0.5) is 0 Å². The van der Waals surface area contributed by atoms with E-state index in [0.29, 0.717) is 16.5 Å². The fourth-order valence-electron chi connectivity index (χ4n) is 1.86. The van der Waals surface area contributed by atoms with Gasteiger partial charge in [-0.1, -0.05) is 23.2 Å². The van der Waals surface area contributed by atoms with Gasteiger partial charge < -0.3 is 5.11 Å². The molecular weight excluding hydrogens is 289 g/mol. The Kier molecular flexibility index (Phi) is 4.28. The third-order valence-corrected chi connectivity index (χ3v) is 4.44. The van der Waals surface area contributed by atoms with Gasteiger partial charge in [0.25, 0.3) is 0 Å². The first-order chi connectivity index (χ1) is 8.47. The third-order valence-electron chi connectivity index (χ3n) is 2.66. The third kappa shape index (κ3) is 3.04. The van der Waals surface area contributed by atoms with Crippen LogP contribution in [0, 0.1) is 13.8 Å². The Bertz CT molecular complexity index is 568. The minimum absolute atomic E-state index is 0.446. The van der Waals surface area contributed by atoms with Crippen LogP contribution in [0.1, 0.15) is 27.2 Å². The molecule has 1 N–H and O–H groups in total. The van der Waals surface area contributed by atoms with Crippen LogP contribution in [-0.2, 0) is 6.42 Å². The van der Waals surface area contributed by atoms with Gasteiger partial charge in [-0.15, -0.1) is 11.3 Å². The summed E-state index contributed by atoms with van der Waals surface area (Å²) in [6.07, 6.45) is -0.144. The summed E-state index contributed by atoms with van der Waals surface area (Å²) in [6, 6.07) is 5.27. The van der Waals surface area contributed by atoms with Gasteiger partial charge >= 0.3 is 0 Å². The Labute approximate surface area is 120 Å². The van der Waals surface area contributed by atoms with Crippen LogP contribution in [0.25, 0.3) is 0 Å². The SMILES string of the molecule is Cc1nc(C)c(C(O)Cc2cc(Cl)ccc2Cl)s1.